The van der Waals surface area contributed by atoms with Gasteiger partial charge in [-0.1, -0.05) is 19.9 Å². The molecule has 134 valence electrons. The number of hydrogen-bond donors (Lipinski definition) is 0. The molecule has 4 heteroatoms. The number of rotatable bonds is 4. The highest BCUT2D eigenvalue weighted by Gasteiger charge is 2.35. The predicted octanol–water partition coefficient (Wildman–Crippen LogP) is 4.62. The maximum Gasteiger partial charge on any atom is 0.165 e. The topological polar surface area (TPSA) is 21.7 Å². The summed E-state index contributed by atoms with van der Waals surface area (Å²) in [4.78, 5) is 5.79. The first kappa shape index (κ1) is 16.9. The summed E-state index contributed by atoms with van der Waals surface area (Å²) in [5, 5.41) is 0. The van der Waals surface area contributed by atoms with Crippen LogP contribution in [0.25, 0.3) is 0 Å². The zero-order chi connectivity index (χ0) is 17.6. The average molecular weight is 358 g/mol. The van der Waals surface area contributed by atoms with Crippen molar-refractivity contribution in [3.05, 3.63) is 44.6 Å². The molecule has 1 unspecified atom stereocenters. The van der Waals surface area contributed by atoms with Gasteiger partial charge in [0, 0.05) is 34.4 Å². The minimum atomic E-state index is 0.520. The van der Waals surface area contributed by atoms with Gasteiger partial charge in [-0.25, -0.2) is 0 Å². The van der Waals surface area contributed by atoms with Crippen LogP contribution in [0.5, 0.6) is 11.5 Å². The van der Waals surface area contributed by atoms with Crippen LogP contribution in [-0.4, -0.2) is 25.7 Å². The third-order valence-electron chi connectivity index (χ3n) is 5.45. The zero-order valence-corrected chi connectivity index (χ0v) is 16.4. The molecule has 4 rings (SSSR count). The van der Waals surface area contributed by atoms with Gasteiger partial charge < -0.3 is 9.47 Å². The van der Waals surface area contributed by atoms with Crippen molar-refractivity contribution in [3.63, 3.8) is 0 Å². The Morgan fingerprint density at radius 2 is 2.08 bits per heavy atom. The summed E-state index contributed by atoms with van der Waals surface area (Å²) in [6, 6.07) is 7.28. The van der Waals surface area contributed by atoms with Crippen LogP contribution in [0.15, 0.2) is 18.2 Å². The quantitative estimate of drug-likeness (QED) is 0.797. The van der Waals surface area contributed by atoms with Crippen LogP contribution >= 0.6 is 11.3 Å². The van der Waals surface area contributed by atoms with E-state index in [0.717, 1.165) is 36.9 Å². The molecule has 0 fully saturated rings. The lowest BCUT2D eigenvalue weighted by molar-refractivity contribution is 0.159. The van der Waals surface area contributed by atoms with E-state index in [9.17, 15) is 0 Å². The fraction of sp³-hybridized carbons (Fsp3) is 0.524. The van der Waals surface area contributed by atoms with Crippen molar-refractivity contribution < 1.29 is 9.47 Å². The first-order valence-electron chi connectivity index (χ1n) is 9.19. The Hall–Kier alpha value is -1.52. The molecule has 2 aliphatic rings. The number of thiophene rings is 1. The van der Waals surface area contributed by atoms with Crippen molar-refractivity contribution in [2.45, 2.75) is 45.7 Å². The number of fused-ring (bicyclic) bond motifs is 4. The smallest absolute Gasteiger partial charge is 0.165 e. The summed E-state index contributed by atoms with van der Waals surface area (Å²) in [6.45, 7) is 6.71. The highest BCUT2D eigenvalue weighted by Crippen LogP contribution is 2.45. The largest absolute Gasteiger partial charge is 0.493 e. The lowest BCUT2D eigenvalue weighted by atomic mass is 9.86. The van der Waals surface area contributed by atoms with Crippen LogP contribution in [0.2, 0.25) is 0 Å². The van der Waals surface area contributed by atoms with Crippen molar-refractivity contribution in [1.82, 2.24) is 4.90 Å². The number of nitrogens with zero attached hydrogens (tertiary/aromatic N) is 1. The van der Waals surface area contributed by atoms with Crippen molar-refractivity contribution in [2.75, 3.05) is 20.8 Å². The molecule has 0 radical (unpaired) electrons. The van der Waals surface area contributed by atoms with Crippen LogP contribution < -0.4 is 9.47 Å². The maximum atomic E-state index is 5.68. The lowest BCUT2D eigenvalue weighted by Crippen LogP contribution is -2.38. The van der Waals surface area contributed by atoms with E-state index in [0.29, 0.717) is 6.04 Å². The van der Waals surface area contributed by atoms with Crippen LogP contribution in [0.4, 0.5) is 0 Å². The van der Waals surface area contributed by atoms with Gasteiger partial charge in [0.2, 0.25) is 0 Å². The first-order valence-corrected chi connectivity index (χ1v) is 10.0. The molecular formula is C21H27NO2S. The molecule has 0 bridgehead atoms. The van der Waals surface area contributed by atoms with Gasteiger partial charge in [0.15, 0.2) is 11.5 Å². The molecule has 0 N–H and O–H groups in total. The molecule has 1 atom stereocenters. The lowest BCUT2D eigenvalue weighted by Gasteiger charge is -2.40. The number of hydrogen-bond acceptors (Lipinski definition) is 4. The van der Waals surface area contributed by atoms with E-state index in [1.165, 1.54) is 24.0 Å². The van der Waals surface area contributed by atoms with E-state index in [-0.39, 0.29) is 0 Å². The van der Waals surface area contributed by atoms with Crippen LogP contribution in [0, 0.1) is 5.92 Å². The number of benzene rings is 1. The van der Waals surface area contributed by atoms with E-state index in [4.69, 9.17) is 9.47 Å². The number of ether oxygens (including phenoxy) is 2. The second kappa shape index (κ2) is 6.65. The Bertz CT molecular complexity index is 780. The Labute approximate surface area is 154 Å². The Balaban J connectivity index is 1.69. The number of methoxy groups -OCH3 is 2. The second-order valence-corrected chi connectivity index (χ2v) is 8.79. The normalized spacial score (nSPS) is 19.3. The Morgan fingerprint density at radius 3 is 2.80 bits per heavy atom. The molecule has 1 aromatic carbocycles. The summed E-state index contributed by atoms with van der Waals surface area (Å²) in [5.74, 6) is 2.47. The molecular weight excluding hydrogens is 330 g/mol. The molecule has 0 aliphatic carbocycles. The van der Waals surface area contributed by atoms with Gasteiger partial charge >= 0.3 is 0 Å². The van der Waals surface area contributed by atoms with Gasteiger partial charge in [-0.2, -0.15) is 0 Å². The van der Waals surface area contributed by atoms with Crippen LogP contribution in [0.1, 0.15) is 46.3 Å². The molecule has 2 aliphatic heterocycles. The zero-order valence-electron chi connectivity index (χ0n) is 15.6. The minimum absolute atomic E-state index is 0.520. The standard InChI is InChI=1S/C21H27NO2S/c1-13(2)9-15-11-16-18-10-14-5-6-19(23-3)21(24-4)17(14)12-22(18)8-7-20(16)25-15/h5-6,11,13,18H,7-10,12H2,1-4H3. The molecule has 3 heterocycles. The van der Waals surface area contributed by atoms with Gasteiger partial charge in [0.1, 0.15) is 0 Å². The Morgan fingerprint density at radius 1 is 1.24 bits per heavy atom. The van der Waals surface area contributed by atoms with E-state index in [1.807, 2.05) is 11.3 Å². The molecule has 0 spiro atoms. The monoisotopic (exact) mass is 357 g/mol. The molecule has 25 heavy (non-hydrogen) atoms. The fourth-order valence-electron chi connectivity index (χ4n) is 4.31. The third-order valence-corrected chi connectivity index (χ3v) is 6.68. The second-order valence-electron chi connectivity index (χ2n) is 7.57. The molecule has 0 saturated heterocycles. The molecule has 3 nitrogen and oxygen atoms in total. The van der Waals surface area contributed by atoms with Gasteiger partial charge in [-0.05, 0) is 48.4 Å². The first-order chi connectivity index (χ1) is 12.1. The molecule has 1 aromatic heterocycles. The molecule has 0 saturated carbocycles. The van der Waals surface area contributed by atoms with E-state index in [2.05, 4.69) is 36.9 Å². The van der Waals surface area contributed by atoms with Crippen LogP contribution in [-0.2, 0) is 25.8 Å². The van der Waals surface area contributed by atoms with E-state index < -0.39 is 0 Å². The fourth-order valence-corrected chi connectivity index (χ4v) is 5.74. The van der Waals surface area contributed by atoms with E-state index >= 15 is 0 Å². The summed E-state index contributed by atoms with van der Waals surface area (Å²) in [7, 11) is 3.46. The van der Waals surface area contributed by atoms with Gasteiger partial charge in [-0.3, -0.25) is 4.90 Å². The Kier molecular flexibility index (Phi) is 4.50. The third kappa shape index (κ3) is 2.96. The van der Waals surface area contributed by atoms with Gasteiger partial charge in [0.25, 0.3) is 0 Å². The SMILES string of the molecule is COc1ccc2c(c1OC)CN1CCc3sc(CC(C)C)cc3C1C2. The van der Waals surface area contributed by atoms with E-state index in [1.54, 1.807) is 29.5 Å². The highest BCUT2D eigenvalue weighted by molar-refractivity contribution is 7.12. The summed E-state index contributed by atoms with van der Waals surface area (Å²) < 4.78 is 11.2. The summed E-state index contributed by atoms with van der Waals surface area (Å²) in [5.41, 5.74) is 4.29. The molecule has 0 amide bonds. The summed E-state index contributed by atoms with van der Waals surface area (Å²) >= 11 is 2.04. The van der Waals surface area contributed by atoms with Crippen molar-refractivity contribution in [3.8, 4) is 11.5 Å². The minimum Gasteiger partial charge on any atom is -0.493 e. The summed E-state index contributed by atoms with van der Waals surface area (Å²) in [6.07, 6.45) is 3.45. The predicted molar refractivity (Wildman–Crippen MR) is 103 cm³/mol. The van der Waals surface area contributed by atoms with Crippen molar-refractivity contribution in [2.24, 2.45) is 5.92 Å². The van der Waals surface area contributed by atoms with Gasteiger partial charge in [0.05, 0.1) is 14.2 Å². The molecule has 2 aromatic rings. The van der Waals surface area contributed by atoms with Crippen molar-refractivity contribution >= 4 is 11.3 Å². The highest BCUT2D eigenvalue weighted by atomic mass is 32.1. The maximum absolute atomic E-state index is 5.68. The van der Waals surface area contributed by atoms with Crippen LogP contribution in [0.3, 0.4) is 0 Å². The van der Waals surface area contributed by atoms with Crippen molar-refractivity contribution in [1.29, 1.82) is 0 Å². The average Bonchev–Trinajstić information content (AvgIpc) is 3.01. The van der Waals surface area contributed by atoms with Gasteiger partial charge in [-0.15, -0.1) is 11.3 Å².